The van der Waals surface area contributed by atoms with Gasteiger partial charge in [-0.15, -0.1) is 0 Å². The SMILES string of the molecule is CCN=C(N)C(C)(C)CC(C)(C)C. The fourth-order valence-corrected chi connectivity index (χ4v) is 1.80. The Hall–Kier alpha value is -0.530. The Balaban J connectivity index is 4.48. The zero-order valence-electron chi connectivity index (χ0n) is 9.94. The van der Waals surface area contributed by atoms with Gasteiger partial charge in [-0.1, -0.05) is 34.6 Å². The van der Waals surface area contributed by atoms with Gasteiger partial charge in [-0.3, -0.25) is 4.99 Å². The number of hydrogen-bond acceptors (Lipinski definition) is 1. The van der Waals surface area contributed by atoms with Crippen molar-refractivity contribution in [3.05, 3.63) is 0 Å². The summed E-state index contributed by atoms with van der Waals surface area (Å²) in [7, 11) is 0. The molecule has 0 fully saturated rings. The van der Waals surface area contributed by atoms with E-state index >= 15 is 0 Å². The van der Waals surface area contributed by atoms with E-state index in [0.29, 0.717) is 5.41 Å². The van der Waals surface area contributed by atoms with Gasteiger partial charge in [0.25, 0.3) is 0 Å². The predicted octanol–water partition coefficient (Wildman–Crippen LogP) is 2.83. The van der Waals surface area contributed by atoms with E-state index in [-0.39, 0.29) is 5.41 Å². The van der Waals surface area contributed by atoms with E-state index in [1.54, 1.807) is 0 Å². The molecule has 0 aromatic carbocycles. The van der Waals surface area contributed by atoms with Gasteiger partial charge in [-0.25, -0.2) is 0 Å². The molecule has 13 heavy (non-hydrogen) atoms. The highest BCUT2D eigenvalue weighted by molar-refractivity contribution is 5.85. The summed E-state index contributed by atoms with van der Waals surface area (Å²) in [6.07, 6.45) is 1.06. The molecular formula is C11H24N2. The zero-order chi connectivity index (χ0) is 10.7. The lowest BCUT2D eigenvalue weighted by Gasteiger charge is -2.31. The Morgan fingerprint density at radius 1 is 1.15 bits per heavy atom. The third kappa shape index (κ3) is 4.91. The van der Waals surface area contributed by atoms with Crippen LogP contribution in [0.4, 0.5) is 0 Å². The smallest absolute Gasteiger partial charge is 0.0994 e. The van der Waals surface area contributed by atoms with Crippen molar-refractivity contribution in [2.75, 3.05) is 6.54 Å². The van der Waals surface area contributed by atoms with E-state index in [9.17, 15) is 0 Å². The van der Waals surface area contributed by atoms with E-state index in [1.165, 1.54) is 0 Å². The van der Waals surface area contributed by atoms with Gasteiger partial charge in [0.15, 0.2) is 0 Å². The molecule has 0 aliphatic rings. The van der Waals surface area contributed by atoms with Crippen molar-refractivity contribution in [3.63, 3.8) is 0 Å². The normalized spacial score (nSPS) is 14.8. The molecule has 2 heteroatoms. The number of nitrogens with zero attached hydrogens (tertiary/aromatic N) is 1. The molecule has 0 rings (SSSR count). The maximum atomic E-state index is 5.92. The molecule has 0 aliphatic carbocycles. The van der Waals surface area contributed by atoms with Gasteiger partial charge in [0, 0.05) is 12.0 Å². The fraction of sp³-hybridized carbons (Fsp3) is 0.909. The molecule has 0 unspecified atom stereocenters. The van der Waals surface area contributed by atoms with Crippen molar-refractivity contribution in [2.24, 2.45) is 21.6 Å². The summed E-state index contributed by atoms with van der Waals surface area (Å²) < 4.78 is 0. The Kier molecular flexibility index (Phi) is 3.95. The van der Waals surface area contributed by atoms with E-state index in [2.05, 4.69) is 39.6 Å². The van der Waals surface area contributed by atoms with Crippen molar-refractivity contribution in [1.82, 2.24) is 0 Å². The average molecular weight is 184 g/mol. The van der Waals surface area contributed by atoms with Gasteiger partial charge in [0.1, 0.15) is 0 Å². The second-order valence-electron chi connectivity index (χ2n) is 5.48. The molecule has 0 aliphatic heterocycles. The van der Waals surface area contributed by atoms with Crippen LogP contribution in [0.3, 0.4) is 0 Å². The lowest BCUT2D eigenvalue weighted by Crippen LogP contribution is -2.35. The first-order chi connectivity index (χ1) is 5.69. The number of rotatable bonds is 3. The summed E-state index contributed by atoms with van der Waals surface area (Å²) in [4.78, 5) is 4.27. The minimum absolute atomic E-state index is 0.0221. The predicted molar refractivity (Wildman–Crippen MR) is 60.0 cm³/mol. The molecular weight excluding hydrogens is 160 g/mol. The van der Waals surface area contributed by atoms with Crippen LogP contribution in [-0.4, -0.2) is 12.4 Å². The molecule has 0 heterocycles. The number of aliphatic imine (C=N–C) groups is 1. The maximum absolute atomic E-state index is 5.92. The highest BCUT2D eigenvalue weighted by Crippen LogP contribution is 2.33. The second-order valence-corrected chi connectivity index (χ2v) is 5.48. The van der Waals surface area contributed by atoms with Crippen LogP contribution < -0.4 is 5.73 Å². The first kappa shape index (κ1) is 12.5. The first-order valence-electron chi connectivity index (χ1n) is 4.99. The molecule has 0 amide bonds. The molecule has 2 nitrogen and oxygen atoms in total. The molecule has 2 N–H and O–H groups in total. The van der Waals surface area contributed by atoms with Gasteiger partial charge in [-0.2, -0.15) is 0 Å². The zero-order valence-corrected chi connectivity index (χ0v) is 9.94. The highest BCUT2D eigenvalue weighted by atomic mass is 14.9. The summed E-state index contributed by atoms with van der Waals surface area (Å²) in [5, 5.41) is 0. The summed E-state index contributed by atoms with van der Waals surface area (Å²) in [6, 6.07) is 0. The van der Waals surface area contributed by atoms with Crippen molar-refractivity contribution < 1.29 is 0 Å². The van der Waals surface area contributed by atoms with Crippen LogP contribution in [0.25, 0.3) is 0 Å². The van der Waals surface area contributed by atoms with Crippen LogP contribution in [-0.2, 0) is 0 Å². The minimum Gasteiger partial charge on any atom is -0.387 e. The van der Waals surface area contributed by atoms with Crippen molar-refractivity contribution in [1.29, 1.82) is 0 Å². The minimum atomic E-state index is 0.0221. The average Bonchev–Trinajstić information content (AvgIpc) is 1.82. The fourth-order valence-electron chi connectivity index (χ4n) is 1.80. The third-order valence-electron chi connectivity index (χ3n) is 1.99. The number of amidine groups is 1. The van der Waals surface area contributed by atoms with Crippen LogP contribution >= 0.6 is 0 Å². The second kappa shape index (κ2) is 4.12. The van der Waals surface area contributed by atoms with Gasteiger partial charge < -0.3 is 5.73 Å². The van der Waals surface area contributed by atoms with Crippen LogP contribution in [0.15, 0.2) is 4.99 Å². The van der Waals surface area contributed by atoms with Crippen molar-refractivity contribution in [2.45, 2.75) is 48.0 Å². The number of hydrogen-bond donors (Lipinski definition) is 1. The number of nitrogens with two attached hydrogens (primary N) is 1. The molecule has 0 saturated carbocycles. The first-order valence-corrected chi connectivity index (χ1v) is 4.99. The quantitative estimate of drug-likeness (QED) is 0.531. The van der Waals surface area contributed by atoms with Crippen molar-refractivity contribution in [3.8, 4) is 0 Å². The molecule has 0 saturated heterocycles. The Morgan fingerprint density at radius 2 is 1.62 bits per heavy atom. The van der Waals surface area contributed by atoms with Gasteiger partial charge in [-0.05, 0) is 18.8 Å². The van der Waals surface area contributed by atoms with E-state index in [4.69, 9.17) is 5.73 Å². The monoisotopic (exact) mass is 184 g/mol. The van der Waals surface area contributed by atoms with Crippen molar-refractivity contribution >= 4 is 5.84 Å². The lowest BCUT2D eigenvalue weighted by molar-refractivity contribution is 0.277. The van der Waals surface area contributed by atoms with Crippen LogP contribution in [0.1, 0.15) is 48.0 Å². The Labute approximate surface area is 82.6 Å². The van der Waals surface area contributed by atoms with Crippen LogP contribution in [0, 0.1) is 10.8 Å². The van der Waals surface area contributed by atoms with E-state index in [1.807, 2.05) is 6.92 Å². The third-order valence-corrected chi connectivity index (χ3v) is 1.99. The Morgan fingerprint density at radius 3 is 1.92 bits per heavy atom. The molecule has 0 spiro atoms. The maximum Gasteiger partial charge on any atom is 0.0994 e. The van der Waals surface area contributed by atoms with Gasteiger partial charge in [0.05, 0.1) is 5.84 Å². The lowest BCUT2D eigenvalue weighted by atomic mass is 9.75. The molecule has 0 aromatic rings. The van der Waals surface area contributed by atoms with Gasteiger partial charge in [0.2, 0.25) is 0 Å². The molecule has 0 atom stereocenters. The van der Waals surface area contributed by atoms with E-state index < -0.39 is 0 Å². The summed E-state index contributed by atoms with van der Waals surface area (Å²) in [5.41, 5.74) is 6.24. The Bertz CT molecular complexity index is 185. The van der Waals surface area contributed by atoms with Crippen LogP contribution in [0.2, 0.25) is 0 Å². The molecule has 0 bridgehead atoms. The summed E-state index contributed by atoms with van der Waals surface area (Å²) >= 11 is 0. The summed E-state index contributed by atoms with van der Waals surface area (Å²) in [6.45, 7) is 13.8. The van der Waals surface area contributed by atoms with E-state index in [0.717, 1.165) is 18.8 Å². The molecule has 78 valence electrons. The molecule has 0 radical (unpaired) electrons. The van der Waals surface area contributed by atoms with Crippen LogP contribution in [0.5, 0.6) is 0 Å². The highest BCUT2D eigenvalue weighted by Gasteiger charge is 2.28. The van der Waals surface area contributed by atoms with Gasteiger partial charge >= 0.3 is 0 Å². The standard InChI is InChI=1S/C11H24N2/c1-7-13-9(12)11(5,6)8-10(2,3)4/h7-8H2,1-6H3,(H2,12,13). The topological polar surface area (TPSA) is 38.4 Å². The summed E-state index contributed by atoms with van der Waals surface area (Å²) in [5.74, 6) is 0.782. The molecule has 0 aromatic heterocycles. The largest absolute Gasteiger partial charge is 0.387 e.